The molecule has 4 nitrogen and oxygen atoms in total. The van der Waals surface area contributed by atoms with E-state index in [1.807, 2.05) is 42.9 Å². The van der Waals surface area contributed by atoms with Crippen LogP contribution < -0.4 is 5.32 Å². The predicted octanol–water partition coefficient (Wildman–Crippen LogP) is 3.80. The number of rotatable bonds is 3. The summed E-state index contributed by atoms with van der Waals surface area (Å²) < 4.78 is 1.98. The number of nitrogens with one attached hydrogen (secondary N) is 1. The van der Waals surface area contributed by atoms with E-state index < -0.39 is 0 Å². The second-order valence-corrected chi connectivity index (χ2v) is 5.95. The Balaban J connectivity index is 2.00. The third-order valence-electron chi connectivity index (χ3n) is 3.37. The minimum Gasteiger partial charge on any atom is -0.322 e. The van der Waals surface area contributed by atoms with Gasteiger partial charge in [-0.1, -0.05) is 0 Å². The number of amides is 1. The van der Waals surface area contributed by atoms with Crippen molar-refractivity contribution in [1.82, 2.24) is 9.55 Å². The van der Waals surface area contributed by atoms with Crippen molar-refractivity contribution in [3.05, 3.63) is 65.1 Å². The molecule has 3 rings (SSSR count). The van der Waals surface area contributed by atoms with E-state index in [1.165, 1.54) is 0 Å². The van der Waals surface area contributed by atoms with Crippen LogP contribution in [0.2, 0.25) is 0 Å². The lowest BCUT2D eigenvalue weighted by Gasteiger charge is -2.08. The number of carbonyl (C=O) groups excluding carboxylic acids is 1. The highest BCUT2D eigenvalue weighted by atomic mass is 32.1. The van der Waals surface area contributed by atoms with Crippen LogP contribution in [0.4, 0.5) is 5.69 Å². The first kappa shape index (κ1) is 13.6. The standard InChI is InChI=1S/C16H15N3OS/c1-11-12(2)21-16(19-9-3-4-10-19)14(11)15(20)18-13-5-7-17-8-6-13/h3-10H,1-2H3,(H,17,18,20). The molecule has 0 aliphatic carbocycles. The van der Waals surface area contributed by atoms with Gasteiger partial charge in [-0.25, -0.2) is 0 Å². The van der Waals surface area contributed by atoms with Gasteiger partial charge in [0.05, 0.1) is 5.56 Å². The van der Waals surface area contributed by atoms with Gasteiger partial charge in [0, 0.05) is 35.4 Å². The second-order valence-electron chi connectivity index (χ2n) is 4.74. The van der Waals surface area contributed by atoms with Crippen molar-refractivity contribution in [3.63, 3.8) is 0 Å². The van der Waals surface area contributed by atoms with Crippen LogP contribution in [0.5, 0.6) is 0 Å². The van der Waals surface area contributed by atoms with Crippen LogP contribution >= 0.6 is 11.3 Å². The lowest BCUT2D eigenvalue weighted by molar-refractivity contribution is 0.102. The van der Waals surface area contributed by atoms with Crippen molar-refractivity contribution in [2.45, 2.75) is 13.8 Å². The van der Waals surface area contributed by atoms with E-state index in [0.29, 0.717) is 0 Å². The van der Waals surface area contributed by atoms with Gasteiger partial charge in [-0.3, -0.25) is 9.78 Å². The molecule has 0 saturated heterocycles. The average molecular weight is 297 g/mol. The number of aromatic nitrogens is 2. The van der Waals surface area contributed by atoms with E-state index in [4.69, 9.17) is 0 Å². The van der Waals surface area contributed by atoms with Gasteiger partial charge in [0.15, 0.2) is 0 Å². The summed E-state index contributed by atoms with van der Waals surface area (Å²) in [6.07, 6.45) is 7.23. The molecule has 1 N–H and O–H groups in total. The first-order chi connectivity index (χ1) is 10.2. The highest BCUT2D eigenvalue weighted by Crippen LogP contribution is 2.31. The Morgan fingerprint density at radius 2 is 1.86 bits per heavy atom. The van der Waals surface area contributed by atoms with E-state index in [2.05, 4.69) is 10.3 Å². The predicted molar refractivity (Wildman–Crippen MR) is 85.3 cm³/mol. The molecule has 1 amide bonds. The molecule has 0 bridgehead atoms. The van der Waals surface area contributed by atoms with Crippen molar-refractivity contribution >= 4 is 22.9 Å². The molecular weight excluding hydrogens is 282 g/mol. The number of aryl methyl sites for hydroxylation is 1. The Hall–Kier alpha value is -2.40. The largest absolute Gasteiger partial charge is 0.322 e. The molecule has 0 unspecified atom stereocenters. The molecule has 0 atom stereocenters. The summed E-state index contributed by atoms with van der Waals surface area (Å²) >= 11 is 1.63. The molecule has 0 saturated carbocycles. The summed E-state index contributed by atoms with van der Waals surface area (Å²) in [6.45, 7) is 4.02. The molecule has 0 fully saturated rings. The highest BCUT2D eigenvalue weighted by molar-refractivity contribution is 7.15. The van der Waals surface area contributed by atoms with Crippen LogP contribution in [-0.2, 0) is 0 Å². The lowest BCUT2D eigenvalue weighted by Crippen LogP contribution is -2.14. The summed E-state index contributed by atoms with van der Waals surface area (Å²) in [7, 11) is 0. The van der Waals surface area contributed by atoms with Crippen molar-refractivity contribution < 1.29 is 4.79 Å². The highest BCUT2D eigenvalue weighted by Gasteiger charge is 2.20. The zero-order chi connectivity index (χ0) is 14.8. The number of carbonyl (C=O) groups is 1. The molecule has 3 aromatic heterocycles. The Morgan fingerprint density at radius 1 is 1.19 bits per heavy atom. The normalized spacial score (nSPS) is 10.6. The van der Waals surface area contributed by atoms with Crippen molar-refractivity contribution in [1.29, 1.82) is 0 Å². The molecule has 5 heteroatoms. The number of thiophene rings is 1. The molecule has 0 aliphatic heterocycles. The molecule has 3 heterocycles. The molecule has 0 aliphatic rings. The third kappa shape index (κ3) is 2.60. The quantitative estimate of drug-likeness (QED) is 0.799. The molecule has 3 aromatic rings. The maximum Gasteiger partial charge on any atom is 0.258 e. The number of pyridine rings is 1. The van der Waals surface area contributed by atoms with Crippen molar-refractivity contribution in [2.24, 2.45) is 0 Å². The van der Waals surface area contributed by atoms with Gasteiger partial charge in [-0.05, 0) is 43.7 Å². The summed E-state index contributed by atoms with van der Waals surface area (Å²) in [4.78, 5) is 17.7. The van der Waals surface area contributed by atoms with Gasteiger partial charge in [-0.15, -0.1) is 11.3 Å². The number of hydrogen-bond acceptors (Lipinski definition) is 3. The second kappa shape index (κ2) is 5.54. The van der Waals surface area contributed by atoms with Gasteiger partial charge in [0.1, 0.15) is 5.00 Å². The Morgan fingerprint density at radius 3 is 2.52 bits per heavy atom. The third-order valence-corrected chi connectivity index (χ3v) is 4.59. The van der Waals surface area contributed by atoms with Crippen LogP contribution in [0, 0.1) is 13.8 Å². The van der Waals surface area contributed by atoms with E-state index >= 15 is 0 Å². The molecule has 0 aromatic carbocycles. The summed E-state index contributed by atoms with van der Waals surface area (Å²) in [6, 6.07) is 7.47. The fourth-order valence-electron chi connectivity index (χ4n) is 2.16. The average Bonchev–Trinajstić information content (AvgIpc) is 3.09. The SMILES string of the molecule is Cc1sc(-n2cccc2)c(C(=O)Nc2ccncc2)c1C. The van der Waals surface area contributed by atoms with Gasteiger partial charge in [-0.2, -0.15) is 0 Å². The van der Waals surface area contributed by atoms with Crippen molar-refractivity contribution in [2.75, 3.05) is 5.32 Å². The smallest absolute Gasteiger partial charge is 0.258 e. The van der Waals surface area contributed by atoms with Gasteiger partial charge in [0.25, 0.3) is 5.91 Å². The maximum atomic E-state index is 12.6. The molecular formula is C16H15N3OS. The Labute approximate surface area is 127 Å². The van der Waals surface area contributed by atoms with Gasteiger partial charge in [0.2, 0.25) is 0 Å². The minimum absolute atomic E-state index is 0.0910. The number of hydrogen-bond donors (Lipinski definition) is 1. The summed E-state index contributed by atoms with van der Waals surface area (Å²) in [5.74, 6) is -0.0910. The zero-order valence-corrected chi connectivity index (χ0v) is 12.6. The van der Waals surface area contributed by atoms with Crippen LogP contribution in [-0.4, -0.2) is 15.5 Å². The maximum absolute atomic E-state index is 12.6. The zero-order valence-electron chi connectivity index (χ0n) is 11.8. The van der Waals surface area contributed by atoms with Gasteiger partial charge >= 0.3 is 0 Å². The summed E-state index contributed by atoms with van der Waals surface area (Å²) in [5.41, 5.74) is 2.50. The van der Waals surface area contributed by atoms with E-state index in [9.17, 15) is 4.79 Å². The Bertz CT molecular complexity index is 760. The first-order valence-corrected chi connectivity index (χ1v) is 7.43. The lowest BCUT2D eigenvalue weighted by atomic mass is 10.1. The Kier molecular flexibility index (Phi) is 3.58. The van der Waals surface area contributed by atoms with Gasteiger partial charge < -0.3 is 9.88 Å². The fraction of sp³-hybridized carbons (Fsp3) is 0.125. The topological polar surface area (TPSA) is 46.9 Å². The van der Waals surface area contributed by atoms with E-state index in [1.54, 1.807) is 35.9 Å². The summed E-state index contributed by atoms with van der Waals surface area (Å²) in [5, 5.41) is 3.87. The van der Waals surface area contributed by atoms with Crippen molar-refractivity contribution in [3.8, 4) is 5.00 Å². The fourth-order valence-corrected chi connectivity index (χ4v) is 3.28. The van der Waals surface area contributed by atoms with Crippen LogP contribution in [0.25, 0.3) is 5.00 Å². The first-order valence-electron chi connectivity index (χ1n) is 6.61. The molecule has 106 valence electrons. The van der Waals surface area contributed by atoms with E-state index in [-0.39, 0.29) is 5.91 Å². The number of nitrogens with zero attached hydrogens (tertiary/aromatic N) is 2. The molecule has 0 spiro atoms. The van der Waals surface area contributed by atoms with Crippen LogP contribution in [0.1, 0.15) is 20.8 Å². The monoisotopic (exact) mass is 297 g/mol. The number of anilines is 1. The molecule has 0 radical (unpaired) electrons. The van der Waals surface area contributed by atoms with E-state index in [0.717, 1.165) is 26.7 Å². The van der Waals surface area contributed by atoms with Crippen LogP contribution in [0.15, 0.2) is 49.1 Å². The minimum atomic E-state index is -0.0910. The van der Waals surface area contributed by atoms with Crippen LogP contribution in [0.3, 0.4) is 0 Å². The molecule has 21 heavy (non-hydrogen) atoms.